The van der Waals surface area contributed by atoms with Gasteiger partial charge in [0.05, 0.1) is 0 Å². The Labute approximate surface area is 138 Å². The fourth-order valence-corrected chi connectivity index (χ4v) is 4.22. The molecule has 5 heteroatoms. The Morgan fingerprint density at radius 1 is 0.857 bits per heavy atom. The molecule has 0 heterocycles. The van der Waals surface area contributed by atoms with Crippen molar-refractivity contribution >= 4 is 31.9 Å². The molecule has 21 heavy (non-hydrogen) atoms. The van der Waals surface area contributed by atoms with E-state index in [1.807, 2.05) is 6.07 Å². The van der Waals surface area contributed by atoms with Crippen molar-refractivity contribution in [2.75, 3.05) is 10.7 Å². The molecule has 2 aromatic rings. The maximum Gasteiger partial charge on any atom is 0.159 e. The third-order valence-corrected chi connectivity index (χ3v) is 5.62. The third kappa shape index (κ3) is 3.69. The summed E-state index contributed by atoms with van der Waals surface area (Å²) in [4.78, 5) is 0. The average molecular weight is 422 g/mol. The summed E-state index contributed by atoms with van der Waals surface area (Å²) in [5.41, 5.74) is 1.03. The third-order valence-electron chi connectivity index (χ3n) is 3.48. The largest absolute Gasteiger partial charge is 0.207 e. The molecule has 0 spiro atoms. The van der Waals surface area contributed by atoms with Crippen LogP contribution >= 0.6 is 31.9 Å². The van der Waals surface area contributed by atoms with E-state index in [4.69, 9.17) is 0 Å². The molecular formula is C16H13Br2F3. The van der Waals surface area contributed by atoms with Gasteiger partial charge in [-0.1, -0.05) is 50.1 Å². The summed E-state index contributed by atoms with van der Waals surface area (Å²) in [6, 6.07) is 10.2. The summed E-state index contributed by atoms with van der Waals surface area (Å²) >= 11 is 6.93. The second-order valence-electron chi connectivity index (χ2n) is 4.98. The maximum absolute atomic E-state index is 13.5. The fourth-order valence-electron chi connectivity index (χ4n) is 2.25. The molecule has 0 aliphatic rings. The molecule has 0 unspecified atom stereocenters. The molecule has 0 nitrogen and oxygen atoms in total. The molecule has 0 aliphatic carbocycles. The highest BCUT2D eigenvalue weighted by Crippen LogP contribution is 2.33. The molecule has 0 bridgehead atoms. The van der Waals surface area contributed by atoms with Crippen molar-refractivity contribution in [1.29, 1.82) is 0 Å². The van der Waals surface area contributed by atoms with Crippen molar-refractivity contribution in [1.82, 2.24) is 0 Å². The first-order chi connectivity index (χ1) is 10.0. The molecule has 0 aromatic heterocycles. The highest BCUT2D eigenvalue weighted by molar-refractivity contribution is 9.09. The standard InChI is InChI=1S/C16H13Br2F3/c17-9-16(10-18,12-2-1-3-13(19)7-12)8-11-4-5-14(20)15(21)6-11/h1-7H,8-10H2. The average Bonchev–Trinajstić information content (AvgIpc) is 2.48. The molecule has 0 saturated heterocycles. The Morgan fingerprint density at radius 2 is 1.57 bits per heavy atom. The zero-order chi connectivity index (χ0) is 15.5. The van der Waals surface area contributed by atoms with Gasteiger partial charge in [-0.25, -0.2) is 13.2 Å². The molecule has 0 fully saturated rings. The van der Waals surface area contributed by atoms with E-state index in [1.165, 1.54) is 18.2 Å². The van der Waals surface area contributed by atoms with Crippen LogP contribution in [-0.4, -0.2) is 10.7 Å². The first-order valence-electron chi connectivity index (χ1n) is 6.33. The molecular weight excluding hydrogens is 409 g/mol. The number of hydrogen-bond donors (Lipinski definition) is 0. The second kappa shape index (κ2) is 6.97. The highest BCUT2D eigenvalue weighted by Gasteiger charge is 2.31. The van der Waals surface area contributed by atoms with Gasteiger partial charge < -0.3 is 0 Å². The summed E-state index contributed by atoms with van der Waals surface area (Å²) in [5, 5.41) is 1.13. The van der Waals surface area contributed by atoms with Crippen LogP contribution in [0.1, 0.15) is 11.1 Å². The molecule has 2 rings (SSSR count). The van der Waals surface area contributed by atoms with Crippen LogP contribution in [0, 0.1) is 17.5 Å². The Morgan fingerprint density at radius 3 is 2.14 bits per heavy atom. The smallest absolute Gasteiger partial charge is 0.159 e. The van der Waals surface area contributed by atoms with Gasteiger partial charge in [0.2, 0.25) is 0 Å². The summed E-state index contributed by atoms with van der Waals surface area (Å²) < 4.78 is 39.9. The quantitative estimate of drug-likeness (QED) is 0.569. The monoisotopic (exact) mass is 420 g/mol. The van der Waals surface area contributed by atoms with Gasteiger partial charge in [-0.2, -0.15) is 0 Å². The van der Waals surface area contributed by atoms with Crippen LogP contribution in [0.25, 0.3) is 0 Å². The fraction of sp³-hybridized carbons (Fsp3) is 0.250. The summed E-state index contributed by atoms with van der Waals surface area (Å²) in [6.45, 7) is 0. The number of rotatable bonds is 5. The second-order valence-corrected chi connectivity index (χ2v) is 6.10. The molecule has 0 saturated carbocycles. The Bertz CT molecular complexity index is 625. The van der Waals surface area contributed by atoms with Gasteiger partial charge >= 0.3 is 0 Å². The van der Waals surface area contributed by atoms with E-state index in [9.17, 15) is 13.2 Å². The summed E-state index contributed by atoms with van der Waals surface area (Å²) in [5.74, 6) is -2.05. The molecule has 0 N–H and O–H groups in total. The van der Waals surface area contributed by atoms with E-state index in [0.717, 1.165) is 11.6 Å². The van der Waals surface area contributed by atoms with E-state index < -0.39 is 17.0 Å². The van der Waals surface area contributed by atoms with Crippen LogP contribution in [0.15, 0.2) is 42.5 Å². The van der Waals surface area contributed by atoms with Crippen LogP contribution in [-0.2, 0) is 11.8 Å². The van der Waals surface area contributed by atoms with Crippen molar-refractivity contribution in [2.24, 2.45) is 0 Å². The lowest BCUT2D eigenvalue weighted by atomic mass is 9.79. The highest BCUT2D eigenvalue weighted by atomic mass is 79.9. The summed E-state index contributed by atoms with van der Waals surface area (Å²) in [6.07, 6.45) is 0.462. The lowest BCUT2D eigenvalue weighted by Crippen LogP contribution is -2.33. The van der Waals surface area contributed by atoms with Gasteiger partial charge in [0.15, 0.2) is 11.6 Å². The summed E-state index contributed by atoms with van der Waals surface area (Å²) in [7, 11) is 0. The van der Waals surface area contributed by atoms with Crippen molar-refractivity contribution in [3.05, 3.63) is 71.0 Å². The molecule has 112 valence electrons. The van der Waals surface area contributed by atoms with Gasteiger partial charge in [-0.3, -0.25) is 0 Å². The van der Waals surface area contributed by atoms with E-state index in [2.05, 4.69) is 31.9 Å². The van der Waals surface area contributed by atoms with Crippen molar-refractivity contribution in [3.63, 3.8) is 0 Å². The van der Waals surface area contributed by atoms with Crippen LogP contribution in [0.4, 0.5) is 13.2 Å². The molecule has 0 radical (unpaired) electrons. The number of hydrogen-bond acceptors (Lipinski definition) is 0. The minimum Gasteiger partial charge on any atom is -0.207 e. The number of alkyl halides is 2. The molecule has 0 atom stereocenters. The van der Waals surface area contributed by atoms with Crippen LogP contribution in [0.2, 0.25) is 0 Å². The Hall–Kier alpha value is -0.810. The minimum absolute atomic E-state index is 0.316. The van der Waals surface area contributed by atoms with E-state index >= 15 is 0 Å². The molecule has 2 aromatic carbocycles. The van der Waals surface area contributed by atoms with Crippen molar-refractivity contribution in [3.8, 4) is 0 Å². The molecule has 0 amide bonds. The topological polar surface area (TPSA) is 0 Å². The zero-order valence-electron chi connectivity index (χ0n) is 11.1. The van der Waals surface area contributed by atoms with Crippen LogP contribution in [0.3, 0.4) is 0 Å². The van der Waals surface area contributed by atoms with Crippen molar-refractivity contribution < 1.29 is 13.2 Å². The Balaban J connectivity index is 2.40. The predicted octanol–water partition coefficient (Wildman–Crippen LogP) is 5.37. The zero-order valence-corrected chi connectivity index (χ0v) is 14.2. The van der Waals surface area contributed by atoms with Gasteiger partial charge in [0.1, 0.15) is 5.82 Å². The molecule has 0 aliphatic heterocycles. The first kappa shape index (κ1) is 16.6. The first-order valence-corrected chi connectivity index (χ1v) is 8.57. The van der Waals surface area contributed by atoms with Gasteiger partial charge in [0.25, 0.3) is 0 Å². The maximum atomic E-state index is 13.5. The number of benzene rings is 2. The minimum atomic E-state index is -0.871. The van der Waals surface area contributed by atoms with Crippen molar-refractivity contribution in [2.45, 2.75) is 11.8 Å². The van der Waals surface area contributed by atoms with Crippen LogP contribution < -0.4 is 0 Å². The van der Waals surface area contributed by atoms with Gasteiger partial charge in [-0.05, 0) is 41.8 Å². The lowest BCUT2D eigenvalue weighted by Gasteiger charge is -2.31. The number of halogens is 5. The normalized spacial score (nSPS) is 11.7. The Kier molecular flexibility index (Phi) is 5.49. The SMILES string of the molecule is Fc1cccc(C(CBr)(CBr)Cc2ccc(F)c(F)c2)c1. The van der Waals surface area contributed by atoms with E-state index in [0.29, 0.717) is 22.6 Å². The van der Waals surface area contributed by atoms with Gasteiger partial charge in [-0.15, -0.1) is 0 Å². The van der Waals surface area contributed by atoms with E-state index in [1.54, 1.807) is 12.1 Å². The van der Waals surface area contributed by atoms with E-state index in [-0.39, 0.29) is 5.82 Å². The predicted molar refractivity (Wildman–Crippen MR) is 85.7 cm³/mol. The van der Waals surface area contributed by atoms with Gasteiger partial charge in [0, 0.05) is 16.1 Å². The lowest BCUT2D eigenvalue weighted by molar-refractivity contribution is 0.500. The van der Waals surface area contributed by atoms with Crippen LogP contribution in [0.5, 0.6) is 0 Å².